The van der Waals surface area contributed by atoms with Crippen LogP contribution in [0.1, 0.15) is 24.1 Å². The fourth-order valence-corrected chi connectivity index (χ4v) is 4.80. The van der Waals surface area contributed by atoms with E-state index in [-0.39, 0.29) is 5.54 Å². The van der Waals surface area contributed by atoms with Gasteiger partial charge < -0.3 is 4.57 Å². The number of piperidine rings is 1. The van der Waals surface area contributed by atoms with E-state index in [9.17, 15) is 0 Å². The monoisotopic (exact) mass is 373 g/mol. The van der Waals surface area contributed by atoms with Crippen molar-refractivity contribution < 1.29 is 0 Å². The Labute approximate surface area is 147 Å². The minimum atomic E-state index is 0.220. The van der Waals surface area contributed by atoms with Crippen molar-refractivity contribution in [1.82, 2.24) is 14.4 Å². The molecule has 3 heterocycles. The molecule has 0 radical (unpaired) electrons. The van der Waals surface area contributed by atoms with Crippen LogP contribution in [0, 0.1) is 0 Å². The molecule has 1 aromatic heterocycles. The van der Waals surface area contributed by atoms with E-state index in [2.05, 4.69) is 79.8 Å². The van der Waals surface area contributed by atoms with Gasteiger partial charge in [-0.15, -0.1) is 0 Å². The van der Waals surface area contributed by atoms with Gasteiger partial charge in [-0.25, -0.2) is 0 Å². The molecule has 0 atom stereocenters. The van der Waals surface area contributed by atoms with E-state index in [0.717, 1.165) is 19.6 Å². The van der Waals surface area contributed by atoms with Crippen LogP contribution in [0.25, 0.3) is 0 Å². The predicted octanol–water partition coefficient (Wildman–Crippen LogP) is 3.69. The van der Waals surface area contributed by atoms with Gasteiger partial charge in [-0.05, 0) is 53.5 Å². The molecule has 1 saturated heterocycles. The molecule has 23 heavy (non-hydrogen) atoms. The van der Waals surface area contributed by atoms with Gasteiger partial charge in [0.2, 0.25) is 0 Å². The van der Waals surface area contributed by atoms with Crippen LogP contribution in [0.5, 0.6) is 0 Å². The van der Waals surface area contributed by atoms with Crippen molar-refractivity contribution in [2.45, 2.75) is 31.5 Å². The standard InChI is InChI=1S/C19H24BrN3/c1-21-13-14-23-17(7-8-18(23)20)19(21)9-11-22(12-10-19)15-16-5-3-2-4-6-16/h2-8H,9-15H2,1H3. The first-order chi connectivity index (χ1) is 11.2. The van der Waals surface area contributed by atoms with Crippen molar-refractivity contribution >= 4 is 15.9 Å². The fourth-order valence-electron chi connectivity index (χ4n) is 4.30. The highest BCUT2D eigenvalue weighted by atomic mass is 79.9. The normalized spacial score (nSPS) is 21.5. The summed E-state index contributed by atoms with van der Waals surface area (Å²) >= 11 is 3.71. The predicted molar refractivity (Wildman–Crippen MR) is 97.4 cm³/mol. The third-order valence-corrected chi connectivity index (χ3v) is 6.42. The number of nitrogens with zero attached hydrogens (tertiary/aromatic N) is 3. The van der Waals surface area contributed by atoms with Crippen LogP contribution in [0.15, 0.2) is 47.1 Å². The first-order valence-electron chi connectivity index (χ1n) is 8.52. The highest BCUT2D eigenvalue weighted by Crippen LogP contribution is 2.42. The highest BCUT2D eigenvalue weighted by molar-refractivity contribution is 9.10. The molecule has 1 fully saturated rings. The molecule has 2 aliphatic rings. The van der Waals surface area contributed by atoms with Crippen molar-refractivity contribution in [3.8, 4) is 0 Å². The van der Waals surface area contributed by atoms with Gasteiger partial charge in [-0.3, -0.25) is 9.80 Å². The van der Waals surface area contributed by atoms with Gasteiger partial charge in [0.25, 0.3) is 0 Å². The van der Waals surface area contributed by atoms with Crippen LogP contribution in [0.2, 0.25) is 0 Å². The summed E-state index contributed by atoms with van der Waals surface area (Å²) in [5.74, 6) is 0. The Hall–Kier alpha value is -1.10. The van der Waals surface area contributed by atoms with Gasteiger partial charge in [0.1, 0.15) is 0 Å². The highest BCUT2D eigenvalue weighted by Gasteiger charge is 2.43. The van der Waals surface area contributed by atoms with Gasteiger partial charge in [-0.1, -0.05) is 30.3 Å². The maximum atomic E-state index is 3.71. The number of hydrogen-bond acceptors (Lipinski definition) is 2. The molecule has 1 aromatic carbocycles. The molecule has 0 saturated carbocycles. The largest absolute Gasteiger partial charge is 0.336 e. The molecular weight excluding hydrogens is 350 g/mol. The number of fused-ring (bicyclic) bond motifs is 2. The van der Waals surface area contributed by atoms with Gasteiger partial charge in [0.15, 0.2) is 0 Å². The molecule has 4 heteroatoms. The smallest absolute Gasteiger partial charge is 0.0849 e. The summed E-state index contributed by atoms with van der Waals surface area (Å²) in [6.45, 7) is 5.64. The summed E-state index contributed by atoms with van der Waals surface area (Å²) in [4.78, 5) is 5.19. The summed E-state index contributed by atoms with van der Waals surface area (Å²) < 4.78 is 3.69. The van der Waals surface area contributed by atoms with Crippen molar-refractivity contribution in [3.05, 3.63) is 58.3 Å². The topological polar surface area (TPSA) is 11.4 Å². The zero-order valence-electron chi connectivity index (χ0n) is 13.7. The molecule has 0 N–H and O–H groups in total. The molecule has 4 rings (SSSR count). The average Bonchev–Trinajstić information content (AvgIpc) is 2.96. The van der Waals surface area contributed by atoms with Crippen molar-refractivity contribution in [1.29, 1.82) is 0 Å². The van der Waals surface area contributed by atoms with Gasteiger partial charge >= 0.3 is 0 Å². The molecule has 2 aromatic rings. The maximum Gasteiger partial charge on any atom is 0.0849 e. The lowest BCUT2D eigenvalue weighted by molar-refractivity contribution is 0.0101. The SMILES string of the molecule is CN1CCn2c(Br)ccc2C12CCN(Cc1ccccc1)CC2. The Morgan fingerprint density at radius 2 is 1.70 bits per heavy atom. The number of likely N-dealkylation sites (tertiary alicyclic amines) is 1. The van der Waals surface area contributed by atoms with E-state index in [1.165, 1.54) is 41.8 Å². The first-order valence-corrected chi connectivity index (χ1v) is 9.31. The van der Waals surface area contributed by atoms with E-state index in [1.807, 2.05) is 0 Å². The van der Waals surface area contributed by atoms with E-state index in [4.69, 9.17) is 0 Å². The van der Waals surface area contributed by atoms with E-state index < -0.39 is 0 Å². The number of hydrogen-bond donors (Lipinski definition) is 0. The van der Waals surface area contributed by atoms with Crippen LogP contribution in [-0.4, -0.2) is 41.0 Å². The summed E-state index contributed by atoms with van der Waals surface area (Å²) in [6.07, 6.45) is 2.43. The molecule has 0 unspecified atom stereocenters. The Balaban J connectivity index is 1.52. The van der Waals surface area contributed by atoms with E-state index in [0.29, 0.717) is 0 Å². The van der Waals surface area contributed by atoms with E-state index >= 15 is 0 Å². The number of rotatable bonds is 2. The number of likely N-dealkylation sites (N-methyl/N-ethyl adjacent to an activating group) is 1. The van der Waals surface area contributed by atoms with Crippen LogP contribution >= 0.6 is 15.9 Å². The summed E-state index contributed by atoms with van der Waals surface area (Å²) in [5.41, 5.74) is 3.14. The zero-order valence-corrected chi connectivity index (χ0v) is 15.3. The van der Waals surface area contributed by atoms with Crippen molar-refractivity contribution in [2.75, 3.05) is 26.7 Å². The van der Waals surface area contributed by atoms with Crippen LogP contribution in [-0.2, 0) is 18.6 Å². The number of halogens is 1. The quantitative estimate of drug-likeness (QED) is 0.795. The second-order valence-corrected chi connectivity index (χ2v) is 7.72. The summed E-state index contributed by atoms with van der Waals surface area (Å²) in [7, 11) is 2.30. The van der Waals surface area contributed by atoms with Gasteiger partial charge in [0, 0.05) is 38.4 Å². The molecular formula is C19H24BrN3. The maximum absolute atomic E-state index is 3.71. The molecule has 0 amide bonds. The Morgan fingerprint density at radius 3 is 2.43 bits per heavy atom. The second-order valence-electron chi connectivity index (χ2n) is 6.91. The Kier molecular flexibility index (Phi) is 4.08. The molecule has 3 nitrogen and oxygen atoms in total. The Morgan fingerprint density at radius 1 is 0.957 bits per heavy atom. The molecule has 0 bridgehead atoms. The fraction of sp³-hybridized carbons (Fsp3) is 0.474. The minimum absolute atomic E-state index is 0.220. The van der Waals surface area contributed by atoms with Crippen LogP contribution in [0.4, 0.5) is 0 Å². The van der Waals surface area contributed by atoms with Gasteiger partial charge in [0.05, 0.1) is 10.1 Å². The molecule has 2 aliphatic heterocycles. The van der Waals surface area contributed by atoms with Crippen molar-refractivity contribution in [2.24, 2.45) is 0 Å². The molecule has 0 aliphatic carbocycles. The minimum Gasteiger partial charge on any atom is -0.336 e. The van der Waals surface area contributed by atoms with E-state index in [1.54, 1.807) is 0 Å². The number of benzene rings is 1. The lowest BCUT2D eigenvalue weighted by Gasteiger charge is -2.50. The molecule has 122 valence electrons. The van der Waals surface area contributed by atoms with Crippen molar-refractivity contribution in [3.63, 3.8) is 0 Å². The zero-order chi connectivity index (χ0) is 15.9. The number of aromatic nitrogens is 1. The molecule has 1 spiro atoms. The third kappa shape index (κ3) is 2.67. The summed E-state index contributed by atoms with van der Waals surface area (Å²) in [5, 5.41) is 0. The van der Waals surface area contributed by atoms with Gasteiger partial charge in [-0.2, -0.15) is 0 Å². The average molecular weight is 374 g/mol. The van der Waals surface area contributed by atoms with Crippen LogP contribution in [0.3, 0.4) is 0 Å². The lowest BCUT2D eigenvalue weighted by Crippen LogP contribution is -2.55. The first kappa shape index (κ1) is 15.4. The second kappa shape index (κ2) is 6.08. The van der Waals surface area contributed by atoms with Crippen LogP contribution < -0.4 is 0 Å². The Bertz CT molecular complexity index is 671. The third-order valence-electron chi connectivity index (χ3n) is 5.73. The lowest BCUT2D eigenvalue weighted by atomic mass is 9.81. The summed E-state index contributed by atoms with van der Waals surface area (Å²) in [6, 6.07) is 15.4.